The van der Waals surface area contributed by atoms with Crippen LogP contribution in [-0.4, -0.2) is 37.8 Å². The summed E-state index contributed by atoms with van der Waals surface area (Å²) in [5, 5.41) is 9.38. The third-order valence-electron chi connectivity index (χ3n) is 2.75. The maximum Gasteiger partial charge on any atom is 0.244 e. The first-order chi connectivity index (χ1) is 8.84. The zero-order valence-electron chi connectivity index (χ0n) is 10.9. The minimum Gasteiger partial charge on any atom is -0.207 e. The largest absolute Gasteiger partial charge is 0.244 e. The number of halogens is 1. The van der Waals surface area contributed by atoms with Crippen molar-refractivity contribution in [2.75, 3.05) is 19.1 Å². The smallest absolute Gasteiger partial charge is 0.207 e. The van der Waals surface area contributed by atoms with E-state index >= 15 is 0 Å². The lowest BCUT2D eigenvalue weighted by Crippen LogP contribution is -2.36. The highest BCUT2D eigenvalue weighted by Crippen LogP contribution is 2.24. The maximum absolute atomic E-state index is 12.5. The van der Waals surface area contributed by atoms with Crippen LogP contribution < -0.4 is 0 Å². The van der Waals surface area contributed by atoms with Gasteiger partial charge >= 0.3 is 0 Å². The fourth-order valence-corrected chi connectivity index (χ4v) is 4.01. The van der Waals surface area contributed by atoms with Crippen molar-refractivity contribution in [2.45, 2.75) is 17.9 Å². The van der Waals surface area contributed by atoms with Crippen LogP contribution in [-0.2, 0) is 10.0 Å². The minimum absolute atomic E-state index is 0.00477. The number of rotatable bonds is 5. The van der Waals surface area contributed by atoms with Gasteiger partial charge in [0.25, 0.3) is 0 Å². The van der Waals surface area contributed by atoms with Crippen LogP contribution in [0.4, 0.5) is 0 Å². The number of nitriles is 1. The molecule has 0 aliphatic rings. The van der Waals surface area contributed by atoms with E-state index in [4.69, 9.17) is 16.9 Å². The van der Waals surface area contributed by atoms with Crippen molar-refractivity contribution in [3.05, 3.63) is 28.8 Å². The van der Waals surface area contributed by atoms with Crippen LogP contribution in [0.2, 0.25) is 5.02 Å². The van der Waals surface area contributed by atoms with E-state index in [2.05, 4.69) is 0 Å². The monoisotopic (exact) mass is 318 g/mol. The highest BCUT2D eigenvalue weighted by Gasteiger charge is 2.27. The Labute approximate surface area is 123 Å². The number of benzene rings is 1. The Balaban J connectivity index is 3.25. The molecule has 0 heterocycles. The van der Waals surface area contributed by atoms with Crippen LogP contribution >= 0.6 is 23.4 Å². The topological polar surface area (TPSA) is 61.2 Å². The third-order valence-corrected chi connectivity index (χ3v) is 5.83. The zero-order chi connectivity index (χ0) is 14.6. The van der Waals surface area contributed by atoms with Crippen LogP contribution in [0.1, 0.15) is 12.5 Å². The van der Waals surface area contributed by atoms with Gasteiger partial charge in [-0.15, -0.1) is 0 Å². The molecule has 1 atom stereocenters. The van der Waals surface area contributed by atoms with Crippen LogP contribution in [0.5, 0.6) is 0 Å². The fraction of sp³-hybridized carbons (Fsp3) is 0.417. The molecule has 0 N–H and O–H groups in total. The number of nitrogens with zero attached hydrogens (tertiary/aromatic N) is 2. The van der Waals surface area contributed by atoms with E-state index < -0.39 is 10.0 Å². The summed E-state index contributed by atoms with van der Waals surface area (Å²) in [5.74, 6) is 0.686. The molecule has 0 saturated carbocycles. The normalized spacial score (nSPS) is 13.3. The van der Waals surface area contributed by atoms with Crippen molar-refractivity contribution in [1.29, 1.82) is 5.26 Å². The van der Waals surface area contributed by atoms with E-state index in [0.717, 1.165) is 0 Å². The highest BCUT2D eigenvalue weighted by molar-refractivity contribution is 7.98. The molecule has 0 amide bonds. The van der Waals surface area contributed by atoms with E-state index in [1.54, 1.807) is 11.8 Å². The molecule has 7 heteroatoms. The second-order valence-electron chi connectivity index (χ2n) is 4.08. The van der Waals surface area contributed by atoms with Gasteiger partial charge in [-0.25, -0.2) is 8.42 Å². The molecule has 1 unspecified atom stereocenters. The number of hydrogen-bond acceptors (Lipinski definition) is 4. The van der Waals surface area contributed by atoms with Gasteiger partial charge < -0.3 is 0 Å². The lowest BCUT2D eigenvalue weighted by atomic mass is 10.2. The summed E-state index contributed by atoms with van der Waals surface area (Å²) in [4.78, 5) is -0.00477. The Hall–Kier alpha value is -0.740. The Kier molecular flexibility index (Phi) is 5.68. The standard InChI is InChI=1S/C12H15ClN2O2S2/c1-9(8-18-3)15(2)19(16,17)12-5-4-11(13)6-10(12)7-14/h4-6,9H,8H2,1-3H3. The van der Waals surface area contributed by atoms with Crippen molar-refractivity contribution in [3.63, 3.8) is 0 Å². The van der Waals surface area contributed by atoms with E-state index in [9.17, 15) is 8.42 Å². The van der Waals surface area contributed by atoms with Crippen LogP contribution in [0.3, 0.4) is 0 Å². The molecule has 0 aliphatic heterocycles. The fourth-order valence-electron chi connectivity index (χ4n) is 1.55. The second-order valence-corrected chi connectivity index (χ2v) is 7.39. The Morgan fingerprint density at radius 1 is 1.53 bits per heavy atom. The molecule has 4 nitrogen and oxygen atoms in total. The van der Waals surface area contributed by atoms with Gasteiger partial charge in [0.1, 0.15) is 11.0 Å². The van der Waals surface area contributed by atoms with Gasteiger partial charge in [-0.2, -0.15) is 21.3 Å². The van der Waals surface area contributed by atoms with Gasteiger partial charge in [0.15, 0.2) is 0 Å². The van der Waals surface area contributed by atoms with Crippen molar-refractivity contribution in [3.8, 4) is 6.07 Å². The van der Waals surface area contributed by atoms with E-state index in [1.165, 1.54) is 29.6 Å². The molecule has 0 aliphatic carbocycles. The lowest BCUT2D eigenvalue weighted by molar-refractivity contribution is 0.415. The van der Waals surface area contributed by atoms with Crippen molar-refractivity contribution in [2.24, 2.45) is 0 Å². The number of hydrogen-bond donors (Lipinski definition) is 0. The molecule has 0 saturated heterocycles. The molecule has 19 heavy (non-hydrogen) atoms. The van der Waals surface area contributed by atoms with E-state index in [0.29, 0.717) is 10.8 Å². The molecule has 0 radical (unpaired) electrons. The molecule has 0 aromatic heterocycles. The number of thioether (sulfide) groups is 1. The van der Waals surface area contributed by atoms with Crippen LogP contribution in [0.15, 0.2) is 23.1 Å². The Morgan fingerprint density at radius 3 is 2.68 bits per heavy atom. The molecule has 0 fully saturated rings. The predicted molar refractivity (Wildman–Crippen MR) is 79.0 cm³/mol. The average molecular weight is 319 g/mol. The maximum atomic E-state index is 12.5. The van der Waals surface area contributed by atoms with Crippen LogP contribution in [0.25, 0.3) is 0 Å². The highest BCUT2D eigenvalue weighted by atomic mass is 35.5. The average Bonchev–Trinajstić information content (AvgIpc) is 2.37. The van der Waals surface area contributed by atoms with Crippen molar-refractivity contribution >= 4 is 33.4 Å². The summed E-state index contributed by atoms with van der Waals surface area (Å²) in [6.45, 7) is 1.83. The van der Waals surface area contributed by atoms with Gasteiger partial charge in [0.05, 0.1) is 5.56 Å². The van der Waals surface area contributed by atoms with Gasteiger partial charge in [0.2, 0.25) is 10.0 Å². The molecule has 1 aromatic carbocycles. The first-order valence-electron chi connectivity index (χ1n) is 5.51. The molecule has 0 spiro atoms. The second kappa shape index (κ2) is 6.62. The number of sulfonamides is 1. The molecular weight excluding hydrogens is 304 g/mol. The lowest BCUT2D eigenvalue weighted by Gasteiger charge is -2.24. The van der Waals surface area contributed by atoms with E-state index in [1.807, 2.05) is 19.2 Å². The molecule has 104 valence electrons. The first kappa shape index (κ1) is 16.3. The molecule has 1 rings (SSSR count). The van der Waals surface area contributed by atoms with Crippen LogP contribution in [0, 0.1) is 11.3 Å². The summed E-state index contributed by atoms with van der Waals surface area (Å²) in [6.07, 6.45) is 1.92. The van der Waals surface area contributed by atoms with Crippen molar-refractivity contribution in [1.82, 2.24) is 4.31 Å². The van der Waals surface area contributed by atoms with Gasteiger partial charge in [-0.3, -0.25) is 0 Å². The Bertz CT molecular complexity index is 596. The molecule has 1 aromatic rings. The summed E-state index contributed by atoms with van der Waals surface area (Å²) >= 11 is 7.34. The van der Waals surface area contributed by atoms with Gasteiger partial charge in [-0.05, 0) is 31.4 Å². The minimum atomic E-state index is -3.68. The summed E-state index contributed by atoms with van der Waals surface area (Å²) < 4.78 is 26.2. The Morgan fingerprint density at radius 2 is 2.16 bits per heavy atom. The molecular formula is C12H15ClN2O2S2. The van der Waals surface area contributed by atoms with Crippen molar-refractivity contribution < 1.29 is 8.42 Å². The van der Waals surface area contributed by atoms with Gasteiger partial charge in [-0.1, -0.05) is 11.6 Å². The summed E-state index contributed by atoms with van der Waals surface area (Å²) in [5.41, 5.74) is 0.0655. The van der Waals surface area contributed by atoms with Gasteiger partial charge in [0, 0.05) is 23.9 Å². The third kappa shape index (κ3) is 3.63. The molecule has 0 bridgehead atoms. The van der Waals surface area contributed by atoms with E-state index in [-0.39, 0.29) is 16.5 Å². The quantitative estimate of drug-likeness (QED) is 0.837. The first-order valence-corrected chi connectivity index (χ1v) is 8.72. The summed E-state index contributed by atoms with van der Waals surface area (Å²) in [6, 6.07) is 5.93. The summed E-state index contributed by atoms with van der Waals surface area (Å²) in [7, 11) is -2.16. The zero-order valence-corrected chi connectivity index (χ0v) is 13.3. The SMILES string of the molecule is CSCC(C)N(C)S(=O)(=O)c1ccc(Cl)cc1C#N. The predicted octanol–water partition coefficient (Wildman–Crippen LogP) is 2.58.